The Morgan fingerprint density at radius 3 is 2.41 bits per heavy atom. The highest BCUT2D eigenvalue weighted by Gasteiger charge is 2.52. The van der Waals surface area contributed by atoms with Crippen LogP contribution in [-0.2, 0) is 15.7 Å². The molecular formula is C25H33N3O4. The van der Waals surface area contributed by atoms with Crippen LogP contribution < -0.4 is 15.4 Å². The molecular weight excluding hydrogens is 406 g/mol. The van der Waals surface area contributed by atoms with Crippen molar-refractivity contribution in [2.24, 2.45) is 0 Å². The fourth-order valence-electron chi connectivity index (χ4n) is 3.63. The number of hydrogen-bond acceptors (Lipinski definition) is 5. The van der Waals surface area contributed by atoms with Crippen molar-refractivity contribution < 1.29 is 19.4 Å². The first-order valence-corrected chi connectivity index (χ1v) is 10.9. The molecule has 3 rings (SSSR count). The number of hydrogen-bond donors (Lipinski definition) is 3. The Morgan fingerprint density at radius 2 is 1.78 bits per heavy atom. The third-order valence-electron chi connectivity index (χ3n) is 5.59. The lowest BCUT2D eigenvalue weighted by atomic mass is 9.89. The van der Waals surface area contributed by atoms with Gasteiger partial charge in [0, 0.05) is 17.9 Å². The maximum Gasteiger partial charge on any atom is 0.255 e. The monoisotopic (exact) mass is 439 g/mol. The Labute approximate surface area is 189 Å². The number of carbonyl (C=O) groups is 2. The Balaban J connectivity index is 1.82. The van der Waals surface area contributed by atoms with Gasteiger partial charge in [0.1, 0.15) is 12.4 Å². The van der Waals surface area contributed by atoms with E-state index in [1.165, 1.54) is 0 Å². The van der Waals surface area contributed by atoms with Gasteiger partial charge in [0.2, 0.25) is 5.91 Å². The molecule has 7 nitrogen and oxygen atoms in total. The molecule has 3 N–H and O–H groups in total. The van der Waals surface area contributed by atoms with E-state index in [1.807, 2.05) is 40.7 Å². The van der Waals surface area contributed by atoms with Gasteiger partial charge in [-0.3, -0.25) is 14.6 Å². The standard InChI is InChI=1S/C25H33N3O4/c1-23(2,3)28-22(31)25(10-11-25)18-14-17(15-26-16-18)24(4,5)27-21(30)19-8-6-7-9-20(19)32-13-12-29/h6-9,14-16,29H,10-13H2,1-5H3,(H,27,30)(H,28,31). The molecule has 1 aliphatic rings. The van der Waals surface area contributed by atoms with E-state index >= 15 is 0 Å². The second kappa shape index (κ2) is 8.90. The average molecular weight is 440 g/mol. The smallest absolute Gasteiger partial charge is 0.255 e. The molecule has 0 radical (unpaired) electrons. The Kier molecular flexibility index (Phi) is 6.60. The fraction of sp³-hybridized carbons (Fsp3) is 0.480. The van der Waals surface area contributed by atoms with Gasteiger partial charge in [-0.05, 0) is 76.8 Å². The molecule has 172 valence electrons. The average Bonchev–Trinajstić information content (AvgIpc) is 3.53. The van der Waals surface area contributed by atoms with Gasteiger partial charge in [0.25, 0.3) is 5.91 Å². The largest absolute Gasteiger partial charge is 0.490 e. The SMILES string of the molecule is CC(C)(C)NC(=O)C1(c2cncc(C(C)(C)NC(=O)c3ccccc3OCCO)c2)CC1. The van der Waals surface area contributed by atoms with Crippen molar-refractivity contribution in [2.75, 3.05) is 13.2 Å². The first kappa shape index (κ1) is 23.7. The second-order valence-electron chi connectivity index (χ2n) is 9.90. The highest BCUT2D eigenvalue weighted by Crippen LogP contribution is 2.49. The number of pyridine rings is 1. The van der Waals surface area contributed by atoms with Crippen LogP contribution >= 0.6 is 0 Å². The third-order valence-corrected chi connectivity index (χ3v) is 5.59. The van der Waals surface area contributed by atoms with Gasteiger partial charge in [0.05, 0.1) is 23.1 Å². The zero-order valence-electron chi connectivity index (χ0n) is 19.5. The molecule has 2 amide bonds. The lowest BCUT2D eigenvalue weighted by Gasteiger charge is -2.29. The summed E-state index contributed by atoms with van der Waals surface area (Å²) >= 11 is 0. The second-order valence-corrected chi connectivity index (χ2v) is 9.90. The van der Waals surface area contributed by atoms with Crippen LogP contribution in [0.15, 0.2) is 42.7 Å². The van der Waals surface area contributed by atoms with Crippen molar-refractivity contribution in [1.82, 2.24) is 15.6 Å². The van der Waals surface area contributed by atoms with E-state index in [2.05, 4.69) is 15.6 Å². The van der Waals surface area contributed by atoms with E-state index in [9.17, 15) is 9.59 Å². The normalized spacial score (nSPS) is 15.1. The number of rotatable bonds is 8. The van der Waals surface area contributed by atoms with Crippen LogP contribution in [0.4, 0.5) is 0 Å². The van der Waals surface area contributed by atoms with Crippen LogP contribution in [-0.4, -0.2) is 40.7 Å². The zero-order valence-corrected chi connectivity index (χ0v) is 19.5. The van der Waals surface area contributed by atoms with Crippen molar-refractivity contribution in [3.8, 4) is 5.75 Å². The summed E-state index contributed by atoms with van der Waals surface area (Å²) in [5, 5.41) is 15.2. The molecule has 32 heavy (non-hydrogen) atoms. The summed E-state index contributed by atoms with van der Waals surface area (Å²) < 4.78 is 5.50. The first-order valence-electron chi connectivity index (χ1n) is 10.9. The molecule has 0 aliphatic heterocycles. The van der Waals surface area contributed by atoms with Gasteiger partial charge in [0.15, 0.2) is 0 Å². The molecule has 1 saturated carbocycles. The van der Waals surface area contributed by atoms with Crippen LogP contribution in [0.1, 0.15) is 68.9 Å². The van der Waals surface area contributed by atoms with E-state index < -0.39 is 11.0 Å². The minimum Gasteiger partial charge on any atom is -0.490 e. The molecule has 0 atom stereocenters. The van der Waals surface area contributed by atoms with E-state index in [0.29, 0.717) is 11.3 Å². The highest BCUT2D eigenvalue weighted by molar-refractivity contribution is 5.97. The predicted octanol–water partition coefficient (Wildman–Crippen LogP) is 3.06. The van der Waals surface area contributed by atoms with Crippen molar-refractivity contribution >= 4 is 11.8 Å². The molecule has 0 unspecified atom stereocenters. The lowest BCUT2D eigenvalue weighted by molar-refractivity contribution is -0.125. The highest BCUT2D eigenvalue weighted by atomic mass is 16.5. The van der Waals surface area contributed by atoms with E-state index in [4.69, 9.17) is 9.84 Å². The number of para-hydroxylation sites is 1. The van der Waals surface area contributed by atoms with Gasteiger partial charge in [-0.2, -0.15) is 0 Å². The Morgan fingerprint density at radius 1 is 1.09 bits per heavy atom. The molecule has 7 heteroatoms. The topological polar surface area (TPSA) is 101 Å². The molecule has 1 aliphatic carbocycles. The third kappa shape index (κ3) is 5.27. The summed E-state index contributed by atoms with van der Waals surface area (Å²) in [7, 11) is 0. The summed E-state index contributed by atoms with van der Waals surface area (Å²) in [5.74, 6) is 0.138. The Bertz CT molecular complexity index is 991. The lowest BCUT2D eigenvalue weighted by Crippen LogP contribution is -2.46. The first-order chi connectivity index (χ1) is 15.0. The van der Waals surface area contributed by atoms with Crippen molar-refractivity contribution in [3.05, 3.63) is 59.4 Å². The molecule has 2 aromatic rings. The van der Waals surface area contributed by atoms with Crippen LogP contribution in [0.3, 0.4) is 0 Å². The summed E-state index contributed by atoms with van der Waals surface area (Å²) in [4.78, 5) is 30.4. The van der Waals surface area contributed by atoms with Gasteiger partial charge in [-0.1, -0.05) is 12.1 Å². The van der Waals surface area contributed by atoms with Crippen LogP contribution in [0, 0.1) is 0 Å². The number of nitrogens with one attached hydrogen (secondary N) is 2. The van der Waals surface area contributed by atoms with Gasteiger partial charge < -0.3 is 20.5 Å². The fourth-order valence-corrected chi connectivity index (χ4v) is 3.63. The summed E-state index contributed by atoms with van der Waals surface area (Å²) in [5.41, 5.74) is 0.470. The number of aliphatic hydroxyl groups is 1. The molecule has 1 heterocycles. The van der Waals surface area contributed by atoms with Crippen LogP contribution in [0.5, 0.6) is 5.75 Å². The molecule has 0 bridgehead atoms. The molecule has 1 fully saturated rings. The molecule has 0 spiro atoms. The zero-order chi connectivity index (χ0) is 23.6. The minimum atomic E-state index is -0.735. The van der Waals surface area contributed by atoms with E-state index in [-0.39, 0.29) is 30.6 Å². The van der Waals surface area contributed by atoms with Gasteiger partial charge in [-0.15, -0.1) is 0 Å². The summed E-state index contributed by atoms with van der Waals surface area (Å²) in [6.45, 7) is 9.68. The minimum absolute atomic E-state index is 0.0146. The molecule has 0 saturated heterocycles. The Hall–Kier alpha value is -2.93. The number of aromatic nitrogens is 1. The quantitative estimate of drug-likeness (QED) is 0.587. The van der Waals surface area contributed by atoms with E-state index in [0.717, 1.165) is 24.0 Å². The van der Waals surface area contributed by atoms with Crippen molar-refractivity contribution in [1.29, 1.82) is 0 Å². The van der Waals surface area contributed by atoms with E-state index in [1.54, 1.807) is 36.7 Å². The summed E-state index contributed by atoms with van der Waals surface area (Å²) in [6, 6.07) is 8.89. The predicted molar refractivity (Wildman–Crippen MR) is 123 cm³/mol. The summed E-state index contributed by atoms with van der Waals surface area (Å²) in [6.07, 6.45) is 5.02. The van der Waals surface area contributed by atoms with Gasteiger partial charge in [-0.25, -0.2) is 0 Å². The maximum atomic E-state index is 13.0. The number of ether oxygens (including phenoxy) is 1. The number of benzene rings is 1. The van der Waals surface area contributed by atoms with Crippen molar-refractivity contribution in [3.63, 3.8) is 0 Å². The van der Waals surface area contributed by atoms with Crippen LogP contribution in [0.2, 0.25) is 0 Å². The number of nitrogens with zero attached hydrogens (tertiary/aromatic N) is 1. The van der Waals surface area contributed by atoms with Crippen LogP contribution in [0.25, 0.3) is 0 Å². The van der Waals surface area contributed by atoms with Gasteiger partial charge >= 0.3 is 0 Å². The molecule has 1 aromatic carbocycles. The molecule has 1 aromatic heterocycles. The number of carbonyl (C=O) groups excluding carboxylic acids is 2. The number of aliphatic hydroxyl groups excluding tert-OH is 1. The number of amides is 2. The maximum absolute atomic E-state index is 13.0. The van der Waals surface area contributed by atoms with Crippen molar-refractivity contribution in [2.45, 2.75) is 64.0 Å².